The molecule has 0 aromatic rings. The Balaban J connectivity index is 3.64. The third kappa shape index (κ3) is 10.3. The molecule has 4 heteroatoms. The van der Waals surface area contributed by atoms with Gasteiger partial charge in [-0.05, 0) is 33.6 Å². The van der Waals surface area contributed by atoms with E-state index in [1.807, 2.05) is 27.7 Å². The van der Waals surface area contributed by atoms with E-state index in [-0.39, 0.29) is 17.6 Å². The number of amides is 1. The fourth-order valence-corrected chi connectivity index (χ4v) is 1.18. The molecule has 0 aromatic heterocycles. The first-order valence-electron chi connectivity index (χ1n) is 6.37. The van der Waals surface area contributed by atoms with Gasteiger partial charge >= 0.3 is 0 Å². The lowest BCUT2D eigenvalue weighted by Gasteiger charge is -2.21. The van der Waals surface area contributed by atoms with Crippen LogP contribution in [-0.4, -0.2) is 37.2 Å². The summed E-state index contributed by atoms with van der Waals surface area (Å²) in [4.78, 5) is 11.6. The average Bonchev–Trinajstić information content (AvgIpc) is 2.19. The lowest BCUT2D eigenvalue weighted by molar-refractivity contribution is -0.123. The molecule has 0 saturated heterocycles. The third-order valence-corrected chi connectivity index (χ3v) is 2.17. The molecular weight excluding hydrogens is 216 g/mol. The van der Waals surface area contributed by atoms with E-state index < -0.39 is 0 Å². The summed E-state index contributed by atoms with van der Waals surface area (Å²) in [6.45, 7) is 14.1. The third-order valence-electron chi connectivity index (χ3n) is 2.17. The van der Waals surface area contributed by atoms with Crippen LogP contribution in [0.3, 0.4) is 0 Å². The molecule has 17 heavy (non-hydrogen) atoms. The van der Waals surface area contributed by atoms with Crippen LogP contribution in [0.5, 0.6) is 0 Å². The van der Waals surface area contributed by atoms with Crippen molar-refractivity contribution in [2.45, 2.75) is 53.2 Å². The van der Waals surface area contributed by atoms with Gasteiger partial charge in [-0.25, -0.2) is 0 Å². The second kappa shape index (κ2) is 7.67. The first kappa shape index (κ1) is 16.4. The van der Waals surface area contributed by atoms with Crippen LogP contribution in [0.2, 0.25) is 0 Å². The van der Waals surface area contributed by atoms with Gasteiger partial charge in [0.15, 0.2) is 0 Å². The van der Waals surface area contributed by atoms with Crippen LogP contribution < -0.4 is 10.6 Å². The summed E-state index contributed by atoms with van der Waals surface area (Å²) >= 11 is 0. The number of nitrogens with one attached hydrogen (secondary N) is 2. The van der Waals surface area contributed by atoms with Crippen LogP contribution >= 0.6 is 0 Å². The summed E-state index contributed by atoms with van der Waals surface area (Å²) in [7, 11) is 0. The van der Waals surface area contributed by atoms with Crippen molar-refractivity contribution in [3.8, 4) is 0 Å². The van der Waals surface area contributed by atoms with Crippen LogP contribution in [0.4, 0.5) is 0 Å². The highest BCUT2D eigenvalue weighted by Crippen LogP contribution is 2.05. The Morgan fingerprint density at radius 3 is 2.29 bits per heavy atom. The van der Waals surface area contributed by atoms with Crippen molar-refractivity contribution in [2.75, 3.05) is 19.7 Å². The van der Waals surface area contributed by atoms with Gasteiger partial charge in [-0.2, -0.15) is 0 Å². The van der Waals surface area contributed by atoms with Crippen molar-refractivity contribution in [1.82, 2.24) is 10.6 Å². The van der Waals surface area contributed by atoms with Crippen molar-refractivity contribution >= 4 is 5.91 Å². The highest BCUT2D eigenvalue weighted by atomic mass is 16.5. The Kier molecular flexibility index (Phi) is 7.39. The van der Waals surface area contributed by atoms with Gasteiger partial charge in [0, 0.05) is 13.1 Å². The van der Waals surface area contributed by atoms with Gasteiger partial charge < -0.3 is 15.4 Å². The smallest absolute Gasteiger partial charge is 0.236 e. The highest BCUT2D eigenvalue weighted by Gasteiger charge is 2.13. The van der Waals surface area contributed by atoms with E-state index in [4.69, 9.17) is 4.74 Å². The quantitative estimate of drug-likeness (QED) is 0.668. The van der Waals surface area contributed by atoms with Gasteiger partial charge in [0.1, 0.15) is 0 Å². The maximum absolute atomic E-state index is 11.6. The van der Waals surface area contributed by atoms with Crippen LogP contribution in [-0.2, 0) is 9.53 Å². The van der Waals surface area contributed by atoms with Gasteiger partial charge in [-0.1, -0.05) is 13.8 Å². The van der Waals surface area contributed by atoms with E-state index in [9.17, 15) is 4.79 Å². The van der Waals surface area contributed by atoms with Crippen LogP contribution in [0, 0.1) is 5.92 Å². The molecule has 0 fully saturated rings. The zero-order valence-electron chi connectivity index (χ0n) is 12.1. The molecule has 0 bridgehead atoms. The first-order valence-corrected chi connectivity index (χ1v) is 6.37. The van der Waals surface area contributed by atoms with Gasteiger partial charge in [-0.3, -0.25) is 4.79 Å². The van der Waals surface area contributed by atoms with E-state index >= 15 is 0 Å². The molecule has 1 atom stereocenters. The largest absolute Gasteiger partial charge is 0.375 e. The lowest BCUT2D eigenvalue weighted by atomic mass is 10.2. The summed E-state index contributed by atoms with van der Waals surface area (Å²) in [5, 5.41) is 6.04. The van der Waals surface area contributed by atoms with Crippen LogP contribution in [0.15, 0.2) is 0 Å². The SMILES string of the molecule is CC(C)CNC(=O)C(C)NCCOC(C)(C)C. The normalized spacial score (nSPS) is 13.8. The molecule has 2 N–H and O–H groups in total. The van der Waals surface area contributed by atoms with Crippen molar-refractivity contribution < 1.29 is 9.53 Å². The van der Waals surface area contributed by atoms with E-state index in [2.05, 4.69) is 24.5 Å². The van der Waals surface area contributed by atoms with Crippen molar-refractivity contribution in [1.29, 1.82) is 0 Å². The Morgan fingerprint density at radius 2 is 1.82 bits per heavy atom. The standard InChI is InChI=1S/C13H28N2O2/c1-10(2)9-15-12(16)11(3)14-7-8-17-13(4,5)6/h10-11,14H,7-9H2,1-6H3,(H,15,16). The van der Waals surface area contributed by atoms with Crippen molar-refractivity contribution in [3.63, 3.8) is 0 Å². The predicted molar refractivity (Wildman–Crippen MR) is 71.0 cm³/mol. The zero-order chi connectivity index (χ0) is 13.5. The summed E-state index contributed by atoms with van der Waals surface area (Å²) in [6, 6.07) is -0.169. The lowest BCUT2D eigenvalue weighted by Crippen LogP contribution is -2.44. The summed E-state index contributed by atoms with van der Waals surface area (Å²) < 4.78 is 5.56. The first-order chi connectivity index (χ1) is 7.72. The molecule has 1 amide bonds. The molecule has 0 spiro atoms. The molecule has 4 nitrogen and oxygen atoms in total. The van der Waals surface area contributed by atoms with Gasteiger partial charge in [0.2, 0.25) is 5.91 Å². The number of hydrogen-bond donors (Lipinski definition) is 2. The number of carbonyl (C=O) groups excluding carboxylic acids is 1. The predicted octanol–water partition coefficient (Wildman–Crippen LogP) is 1.55. The summed E-state index contributed by atoms with van der Waals surface area (Å²) in [6.07, 6.45) is 0. The Morgan fingerprint density at radius 1 is 1.24 bits per heavy atom. The zero-order valence-corrected chi connectivity index (χ0v) is 12.1. The maximum atomic E-state index is 11.6. The summed E-state index contributed by atoms with van der Waals surface area (Å²) in [5.74, 6) is 0.532. The molecule has 0 aromatic carbocycles. The molecular formula is C13H28N2O2. The molecule has 102 valence electrons. The molecule has 0 aliphatic heterocycles. The second-order valence-corrected chi connectivity index (χ2v) is 5.78. The molecule has 0 saturated carbocycles. The Labute approximate surface area is 105 Å². The fourth-order valence-electron chi connectivity index (χ4n) is 1.18. The minimum atomic E-state index is -0.169. The molecule has 0 heterocycles. The Hall–Kier alpha value is -0.610. The number of hydrogen-bond acceptors (Lipinski definition) is 3. The van der Waals surface area contributed by atoms with Crippen molar-refractivity contribution in [3.05, 3.63) is 0 Å². The fraction of sp³-hybridized carbons (Fsp3) is 0.923. The minimum Gasteiger partial charge on any atom is -0.375 e. The van der Waals surface area contributed by atoms with Crippen LogP contribution in [0.25, 0.3) is 0 Å². The van der Waals surface area contributed by atoms with E-state index in [0.717, 1.165) is 6.54 Å². The molecule has 0 rings (SSSR count). The molecule has 0 radical (unpaired) electrons. The number of ether oxygens (including phenoxy) is 1. The number of rotatable bonds is 7. The van der Waals surface area contributed by atoms with E-state index in [0.29, 0.717) is 19.1 Å². The molecule has 1 unspecified atom stereocenters. The maximum Gasteiger partial charge on any atom is 0.236 e. The van der Waals surface area contributed by atoms with E-state index in [1.165, 1.54) is 0 Å². The van der Waals surface area contributed by atoms with Crippen LogP contribution in [0.1, 0.15) is 41.5 Å². The monoisotopic (exact) mass is 244 g/mol. The van der Waals surface area contributed by atoms with Gasteiger partial charge in [-0.15, -0.1) is 0 Å². The van der Waals surface area contributed by atoms with Crippen molar-refractivity contribution in [2.24, 2.45) is 5.92 Å². The number of carbonyl (C=O) groups is 1. The van der Waals surface area contributed by atoms with Gasteiger partial charge in [0.25, 0.3) is 0 Å². The second-order valence-electron chi connectivity index (χ2n) is 5.78. The molecule has 0 aliphatic rings. The topological polar surface area (TPSA) is 50.4 Å². The average molecular weight is 244 g/mol. The van der Waals surface area contributed by atoms with Gasteiger partial charge in [0.05, 0.1) is 18.2 Å². The highest BCUT2D eigenvalue weighted by molar-refractivity contribution is 5.81. The van der Waals surface area contributed by atoms with E-state index in [1.54, 1.807) is 0 Å². The minimum absolute atomic E-state index is 0.0504. The summed E-state index contributed by atoms with van der Waals surface area (Å²) in [5.41, 5.74) is -0.120. The molecule has 0 aliphatic carbocycles. The Bertz CT molecular complexity index is 222.